The highest BCUT2D eigenvalue weighted by Crippen LogP contribution is 2.28. The molecule has 1 aromatic rings. The van der Waals surface area contributed by atoms with Gasteiger partial charge in [-0.2, -0.15) is 11.8 Å². The van der Waals surface area contributed by atoms with Crippen molar-refractivity contribution in [3.05, 3.63) is 21.4 Å². The number of nitrogens with one attached hydrogen (secondary N) is 1. The maximum absolute atomic E-state index is 3.59. The van der Waals surface area contributed by atoms with Gasteiger partial charge in [-0.3, -0.25) is 4.90 Å². The molecule has 2 atom stereocenters. The van der Waals surface area contributed by atoms with Gasteiger partial charge >= 0.3 is 0 Å². The number of nitrogens with zero attached hydrogens (tertiary/aromatic N) is 1. The zero-order valence-corrected chi connectivity index (χ0v) is 16.0. The molecule has 0 bridgehead atoms. The van der Waals surface area contributed by atoms with Gasteiger partial charge in [0.2, 0.25) is 0 Å². The third-order valence-corrected chi connectivity index (χ3v) is 6.07. The van der Waals surface area contributed by atoms with Crippen molar-refractivity contribution < 1.29 is 0 Å². The Morgan fingerprint density at radius 1 is 1.24 bits per heavy atom. The number of rotatable bonds is 4. The molecule has 1 aliphatic rings. The van der Waals surface area contributed by atoms with E-state index < -0.39 is 0 Å². The van der Waals surface area contributed by atoms with Crippen molar-refractivity contribution in [2.24, 2.45) is 0 Å². The summed E-state index contributed by atoms with van der Waals surface area (Å²) in [6.45, 7) is 18.2. The molecule has 2 rings (SSSR count). The second-order valence-corrected chi connectivity index (χ2v) is 10.6. The molecule has 0 spiro atoms. The molecule has 4 heteroatoms. The summed E-state index contributed by atoms with van der Waals surface area (Å²) in [6.07, 6.45) is 0. The number of hydrogen-bond donors (Lipinski definition) is 1. The fraction of sp³-hybridized carbons (Fsp3) is 0.765. The maximum atomic E-state index is 3.59. The summed E-state index contributed by atoms with van der Waals surface area (Å²) in [4.78, 5) is 5.58. The van der Waals surface area contributed by atoms with E-state index in [0.717, 1.165) is 23.6 Å². The first-order valence-electron chi connectivity index (χ1n) is 7.94. The van der Waals surface area contributed by atoms with Crippen LogP contribution in [0.4, 0.5) is 0 Å². The first-order chi connectivity index (χ1) is 9.73. The van der Waals surface area contributed by atoms with Crippen LogP contribution in [0.5, 0.6) is 0 Å². The second kappa shape index (κ2) is 7.03. The molecule has 0 aliphatic carbocycles. The molecule has 1 saturated heterocycles. The Labute approximate surface area is 138 Å². The summed E-state index contributed by atoms with van der Waals surface area (Å²) in [5.74, 6) is 0. The largest absolute Gasteiger partial charge is 0.307 e. The summed E-state index contributed by atoms with van der Waals surface area (Å²) < 4.78 is 0. The van der Waals surface area contributed by atoms with Crippen molar-refractivity contribution in [1.82, 2.24) is 10.2 Å². The molecule has 1 fully saturated rings. The normalized spacial score (nSPS) is 24.5. The highest BCUT2D eigenvalue weighted by Gasteiger charge is 2.23. The van der Waals surface area contributed by atoms with E-state index in [1.54, 1.807) is 0 Å². The van der Waals surface area contributed by atoms with Gasteiger partial charge in [0.25, 0.3) is 0 Å². The summed E-state index contributed by atoms with van der Waals surface area (Å²) >= 11 is 4.08. The van der Waals surface area contributed by atoms with Gasteiger partial charge < -0.3 is 5.32 Å². The molecule has 2 heterocycles. The molecule has 120 valence electrons. The number of thiophene rings is 1. The molecule has 0 amide bonds. The first kappa shape index (κ1) is 17.3. The van der Waals surface area contributed by atoms with Gasteiger partial charge in [0.05, 0.1) is 0 Å². The molecule has 1 N–H and O–H groups in total. The van der Waals surface area contributed by atoms with Crippen LogP contribution in [0.15, 0.2) is 6.07 Å². The molecule has 21 heavy (non-hydrogen) atoms. The lowest BCUT2D eigenvalue weighted by molar-refractivity contribution is 0.262. The van der Waals surface area contributed by atoms with Crippen molar-refractivity contribution in [2.75, 3.05) is 13.1 Å². The van der Waals surface area contributed by atoms with Crippen LogP contribution in [0.1, 0.15) is 49.9 Å². The monoisotopic (exact) mass is 326 g/mol. The van der Waals surface area contributed by atoms with E-state index >= 15 is 0 Å². The van der Waals surface area contributed by atoms with E-state index in [9.17, 15) is 0 Å². The topological polar surface area (TPSA) is 15.3 Å². The second-order valence-electron chi connectivity index (χ2n) is 7.35. The molecular formula is C17H30N2S2. The quantitative estimate of drug-likeness (QED) is 0.889. The highest BCUT2D eigenvalue weighted by atomic mass is 32.2. The van der Waals surface area contributed by atoms with Gasteiger partial charge in [-0.15, -0.1) is 11.3 Å². The molecule has 2 nitrogen and oxygen atoms in total. The van der Waals surface area contributed by atoms with Crippen molar-refractivity contribution in [1.29, 1.82) is 0 Å². The zero-order chi connectivity index (χ0) is 15.6. The third-order valence-electron chi connectivity index (χ3n) is 3.75. The summed E-state index contributed by atoms with van der Waals surface area (Å²) in [5.41, 5.74) is 1.71. The van der Waals surface area contributed by atoms with Crippen LogP contribution in [0, 0.1) is 6.92 Å². The van der Waals surface area contributed by atoms with E-state index in [2.05, 4.69) is 69.6 Å². The number of thioether (sulfide) groups is 1. The van der Waals surface area contributed by atoms with Crippen LogP contribution in [-0.4, -0.2) is 34.0 Å². The van der Waals surface area contributed by atoms with Crippen molar-refractivity contribution in [3.63, 3.8) is 0 Å². The first-order valence-corrected chi connectivity index (χ1v) is 9.70. The van der Waals surface area contributed by atoms with E-state index in [1.807, 2.05) is 11.3 Å². The Kier molecular flexibility index (Phi) is 5.80. The minimum absolute atomic E-state index is 0.188. The molecule has 0 radical (unpaired) electrons. The number of aryl methyl sites for hydroxylation is 1. The van der Waals surface area contributed by atoms with Gasteiger partial charge in [0.1, 0.15) is 0 Å². The highest BCUT2D eigenvalue weighted by molar-refractivity contribution is 8.00. The summed E-state index contributed by atoms with van der Waals surface area (Å²) in [6, 6.07) is 2.41. The molecule has 1 aliphatic heterocycles. The van der Waals surface area contributed by atoms with E-state index in [0.29, 0.717) is 0 Å². The lowest BCUT2D eigenvalue weighted by Crippen LogP contribution is -2.39. The van der Waals surface area contributed by atoms with Gasteiger partial charge in [0, 0.05) is 52.0 Å². The Bertz CT molecular complexity index is 452. The summed E-state index contributed by atoms with van der Waals surface area (Å²) in [5, 5.41) is 5.11. The van der Waals surface area contributed by atoms with Crippen LogP contribution < -0.4 is 5.32 Å². The van der Waals surface area contributed by atoms with Gasteiger partial charge in [-0.25, -0.2) is 0 Å². The van der Waals surface area contributed by atoms with Crippen LogP contribution in [0.3, 0.4) is 0 Å². The van der Waals surface area contributed by atoms with Crippen LogP contribution >= 0.6 is 23.1 Å². The Hall–Kier alpha value is -0.0300. The fourth-order valence-corrected chi connectivity index (χ4v) is 5.22. The minimum atomic E-state index is 0.188. The third kappa shape index (κ3) is 5.59. The Morgan fingerprint density at radius 3 is 2.43 bits per heavy atom. The fourth-order valence-electron chi connectivity index (χ4n) is 2.84. The van der Waals surface area contributed by atoms with Crippen LogP contribution in [0.25, 0.3) is 0 Å². The van der Waals surface area contributed by atoms with E-state index in [1.165, 1.54) is 28.4 Å². The molecule has 1 aromatic heterocycles. The minimum Gasteiger partial charge on any atom is -0.307 e. The molecule has 0 aromatic carbocycles. The Balaban J connectivity index is 1.96. The standard InChI is InChI=1S/C17H30N2S2/c1-12-9-19(10-13(2)20-12)11-15-7-16(21-14(15)3)8-18-17(4,5)6/h7,12-13,18H,8-11H2,1-6H3. The predicted octanol–water partition coefficient (Wildman–Crippen LogP) is 4.27. The Morgan fingerprint density at radius 2 is 1.86 bits per heavy atom. The SMILES string of the molecule is Cc1sc(CNC(C)(C)C)cc1CN1CC(C)SC(C)C1. The van der Waals surface area contributed by atoms with Crippen LogP contribution in [-0.2, 0) is 13.1 Å². The molecular weight excluding hydrogens is 296 g/mol. The lowest BCUT2D eigenvalue weighted by atomic mass is 10.1. The van der Waals surface area contributed by atoms with Crippen LogP contribution in [0.2, 0.25) is 0 Å². The average molecular weight is 327 g/mol. The predicted molar refractivity (Wildman–Crippen MR) is 97.4 cm³/mol. The van der Waals surface area contributed by atoms with Gasteiger partial charge in [-0.1, -0.05) is 13.8 Å². The molecule has 2 unspecified atom stereocenters. The molecule has 0 saturated carbocycles. The van der Waals surface area contributed by atoms with Gasteiger partial charge in [0.15, 0.2) is 0 Å². The van der Waals surface area contributed by atoms with Crippen molar-refractivity contribution in [3.8, 4) is 0 Å². The van der Waals surface area contributed by atoms with E-state index in [-0.39, 0.29) is 5.54 Å². The van der Waals surface area contributed by atoms with E-state index in [4.69, 9.17) is 0 Å². The smallest absolute Gasteiger partial charge is 0.0304 e. The number of hydrogen-bond acceptors (Lipinski definition) is 4. The lowest BCUT2D eigenvalue weighted by Gasteiger charge is -2.34. The zero-order valence-electron chi connectivity index (χ0n) is 14.3. The summed E-state index contributed by atoms with van der Waals surface area (Å²) in [7, 11) is 0. The van der Waals surface area contributed by atoms with Crippen molar-refractivity contribution >= 4 is 23.1 Å². The van der Waals surface area contributed by atoms with Crippen molar-refractivity contribution in [2.45, 2.75) is 70.7 Å². The average Bonchev–Trinajstić information content (AvgIpc) is 2.65. The maximum Gasteiger partial charge on any atom is 0.0304 e. The van der Waals surface area contributed by atoms with Gasteiger partial charge in [-0.05, 0) is 39.3 Å².